The molecule has 2 aromatic carbocycles. The summed E-state index contributed by atoms with van der Waals surface area (Å²) in [6.07, 6.45) is 1.81. The summed E-state index contributed by atoms with van der Waals surface area (Å²) in [7, 11) is -3.41. The van der Waals surface area contributed by atoms with E-state index in [0.717, 1.165) is 12.8 Å². The van der Waals surface area contributed by atoms with E-state index in [1.165, 1.54) is 4.31 Å². The predicted molar refractivity (Wildman–Crippen MR) is 104 cm³/mol. The first kappa shape index (κ1) is 19.7. The zero-order valence-electron chi connectivity index (χ0n) is 14.7. The second-order valence-electron chi connectivity index (χ2n) is 6.19. The van der Waals surface area contributed by atoms with E-state index in [1.54, 1.807) is 48.5 Å². The molecule has 0 radical (unpaired) electrons. The van der Waals surface area contributed by atoms with Crippen molar-refractivity contribution in [3.63, 3.8) is 0 Å². The lowest BCUT2D eigenvalue weighted by Crippen LogP contribution is -2.28. The molecule has 0 aromatic heterocycles. The number of rotatable bonds is 7. The first-order valence-corrected chi connectivity index (χ1v) is 10.6. The van der Waals surface area contributed by atoms with E-state index in [0.29, 0.717) is 36.0 Å². The first-order chi connectivity index (χ1) is 13.0. The summed E-state index contributed by atoms with van der Waals surface area (Å²) in [6.45, 7) is 1.76. The van der Waals surface area contributed by atoms with Crippen LogP contribution < -0.4 is 10.1 Å². The maximum atomic E-state index is 12.5. The number of carbonyl (C=O) groups excluding carboxylic acids is 1. The maximum Gasteiger partial charge on any atom is 0.251 e. The number of nitrogens with one attached hydrogen (secondary N) is 1. The number of hydrogen-bond acceptors (Lipinski definition) is 4. The van der Waals surface area contributed by atoms with E-state index in [4.69, 9.17) is 16.3 Å². The van der Waals surface area contributed by atoms with Gasteiger partial charge in [-0.2, -0.15) is 4.31 Å². The highest BCUT2D eigenvalue weighted by Gasteiger charge is 2.26. The smallest absolute Gasteiger partial charge is 0.251 e. The van der Waals surface area contributed by atoms with Gasteiger partial charge in [0, 0.05) is 23.7 Å². The van der Waals surface area contributed by atoms with E-state index in [9.17, 15) is 13.2 Å². The zero-order chi connectivity index (χ0) is 19.3. The summed E-state index contributed by atoms with van der Waals surface area (Å²) >= 11 is 5.80. The molecular formula is C19H21ClN2O4S. The third kappa shape index (κ3) is 5.00. The van der Waals surface area contributed by atoms with Gasteiger partial charge in [0.2, 0.25) is 10.0 Å². The van der Waals surface area contributed by atoms with E-state index < -0.39 is 10.0 Å². The standard InChI is InChI=1S/C19H21ClN2O4S/c20-16-5-3-15(4-6-16)19(23)21-11-14-26-17-7-9-18(10-8-17)27(24,25)22-12-1-2-13-22/h3-10H,1-2,11-14H2,(H,21,23). The molecule has 144 valence electrons. The van der Waals surface area contributed by atoms with Crippen LogP contribution in [0.5, 0.6) is 5.75 Å². The molecule has 8 heteroatoms. The van der Waals surface area contributed by atoms with E-state index in [-0.39, 0.29) is 17.4 Å². The number of benzene rings is 2. The minimum atomic E-state index is -3.41. The van der Waals surface area contributed by atoms with Crippen LogP contribution in [0.2, 0.25) is 5.02 Å². The summed E-state index contributed by atoms with van der Waals surface area (Å²) in [5.74, 6) is 0.346. The summed E-state index contributed by atoms with van der Waals surface area (Å²) in [6, 6.07) is 13.0. The molecule has 1 N–H and O–H groups in total. The Bertz CT molecular complexity index is 877. The van der Waals surface area contributed by atoms with Gasteiger partial charge in [0.05, 0.1) is 11.4 Å². The zero-order valence-corrected chi connectivity index (χ0v) is 16.3. The fourth-order valence-electron chi connectivity index (χ4n) is 2.82. The van der Waals surface area contributed by atoms with Crippen LogP contribution in [0.25, 0.3) is 0 Å². The van der Waals surface area contributed by atoms with Gasteiger partial charge in [0.25, 0.3) is 5.91 Å². The normalized spacial score (nSPS) is 14.9. The number of nitrogens with zero attached hydrogens (tertiary/aromatic N) is 1. The van der Waals surface area contributed by atoms with Crippen molar-refractivity contribution < 1.29 is 17.9 Å². The molecule has 1 fully saturated rings. The van der Waals surface area contributed by atoms with Crippen molar-refractivity contribution >= 4 is 27.5 Å². The number of sulfonamides is 1. The third-order valence-corrected chi connectivity index (χ3v) is 6.45. The molecule has 1 saturated heterocycles. The average Bonchev–Trinajstić information content (AvgIpc) is 3.22. The van der Waals surface area contributed by atoms with Crippen LogP contribution in [-0.4, -0.2) is 44.9 Å². The Labute approximate surface area is 164 Å². The van der Waals surface area contributed by atoms with Crippen molar-refractivity contribution in [2.75, 3.05) is 26.2 Å². The Balaban J connectivity index is 1.47. The maximum absolute atomic E-state index is 12.5. The lowest BCUT2D eigenvalue weighted by Gasteiger charge is -2.15. The lowest BCUT2D eigenvalue weighted by molar-refractivity contribution is 0.0947. The second-order valence-corrected chi connectivity index (χ2v) is 8.57. The summed E-state index contributed by atoms with van der Waals surface area (Å²) < 4.78 is 32.0. The van der Waals surface area contributed by atoms with Crippen LogP contribution in [0.3, 0.4) is 0 Å². The molecule has 0 unspecified atom stereocenters. The second kappa shape index (κ2) is 8.73. The van der Waals surface area contributed by atoms with Gasteiger partial charge in [-0.25, -0.2) is 8.42 Å². The van der Waals surface area contributed by atoms with E-state index in [2.05, 4.69) is 5.32 Å². The average molecular weight is 409 g/mol. The molecular weight excluding hydrogens is 388 g/mol. The molecule has 1 aliphatic rings. The molecule has 0 aliphatic carbocycles. The quantitative estimate of drug-likeness (QED) is 0.714. The molecule has 0 saturated carbocycles. The van der Waals surface area contributed by atoms with Gasteiger partial charge in [0.15, 0.2) is 0 Å². The van der Waals surface area contributed by atoms with Crippen LogP contribution in [0, 0.1) is 0 Å². The highest BCUT2D eigenvalue weighted by atomic mass is 35.5. The van der Waals surface area contributed by atoms with Gasteiger partial charge in [-0.05, 0) is 61.4 Å². The van der Waals surface area contributed by atoms with E-state index in [1.807, 2.05) is 0 Å². The van der Waals surface area contributed by atoms with Crippen molar-refractivity contribution in [1.29, 1.82) is 0 Å². The number of carbonyl (C=O) groups is 1. The molecule has 27 heavy (non-hydrogen) atoms. The van der Waals surface area contributed by atoms with Crippen LogP contribution in [0.15, 0.2) is 53.4 Å². The molecule has 1 aliphatic heterocycles. The van der Waals surface area contributed by atoms with Crippen molar-refractivity contribution in [1.82, 2.24) is 9.62 Å². The fraction of sp³-hybridized carbons (Fsp3) is 0.316. The Morgan fingerprint density at radius 2 is 1.67 bits per heavy atom. The van der Waals surface area contributed by atoms with Crippen molar-refractivity contribution in [3.05, 3.63) is 59.1 Å². The van der Waals surface area contributed by atoms with E-state index >= 15 is 0 Å². The van der Waals surface area contributed by atoms with Crippen LogP contribution in [-0.2, 0) is 10.0 Å². The summed E-state index contributed by atoms with van der Waals surface area (Å²) in [5.41, 5.74) is 0.524. The molecule has 0 spiro atoms. The Morgan fingerprint density at radius 3 is 2.30 bits per heavy atom. The van der Waals surface area contributed by atoms with Crippen molar-refractivity contribution in [2.24, 2.45) is 0 Å². The summed E-state index contributed by atoms with van der Waals surface area (Å²) in [5, 5.41) is 3.33. The SMILES string of the molecule is O=C(NCCOc1ccc(S(=O)(=O)N2CCCC2)cc1)c1ccc(Cl)cc1. The van der Waals surface area contributed by atoms with Crippen LogP contribution in [0.4, 0.5) is 0 Å². The Kier molecular flexibility index (Phi) is 6.36. The van der Waals surface area contributed by atoms with Crippen molar-refractivity contribution in [3.8, 4) is 5.75 Å². The van der Waals surface area contributed by atoms with Gasteiger partial charge in [0.1, 0.15) is 12.4 Å². The molecule has 1 amide bonds. The predicted octanol–water partition coefficient (Wildman–Crippen LogP) is 2.93. The lowest BCUT2D eigenvalue weighted by atomic mass is 10.2. The molecule has 0 bridgehead atoms. The molecule has 3 rings (SSSR count). The Morgan fingerprint density at radius 1 is 1.04 bits per heavy atom. The number of hydrogen-bond donors (Lipinski definition) is 1. The van der Waals surface area contributed by atoms with Gasteiger partial charge < -0.3 is 10.1 Å². The molecule has 0 atom stereocenters. The van der Waals surface area contributed by atoms with Crippen LogP contribution in [0.1, 0.15) is 23.2 Å². The highest BCUT2D eigenvalue weighted by molar-refractivity contribution is 7.89. The molecule has 2 aromatic rings. The minimum Gasteiger partial charge on any atom is -0.492 e. The Hall–Kier alpha value is -2.09. The fourth-order valence-corrected chi connectivity index (χ4v) is 4.47. The van der Waals surface area contributed by atoms with Gasteiger partial charge >= 0.3 is 0 Å². The largest absolute Gasteiger partial charge is 0.492 e. The van der Waals surface area contributed by atoms with Gasteiger partial charge in [-0.3, -0.25) is 4.79 Å². The van der Waals surface area contributed by atoms with Gasteiger partial charge in [-0.1, -0.05) is 11.6 Å². The minimum absolute atomic E-state index is 0.206. The number of amides is 1. The summed E-state index contributed by atoms with van der Waals surface area (Å²) in [4.78, 5) is 12.2. The topological polar surface area (TPSA) is 75.7 Å². The van der Waals surface area contributed by atoms with Crippen LogP contribution >= 0.6 is 11.6 Å². The highest BCUT2D eigenvalue weighted by Crippen LogP contribution is 2.22. The molecule has 1 heterocycles. The molecule has 6 nitrogen and oxygen atoms in total. The van der Waals surface area contributed by atoms with Gasteiger partial charge in [-0.15, -0.1) is 0 Å². The van der Waals surface area contributed by atoms with Crippen molar-refractivity contribution in [2.45, 2.75) is 17.7 Å². The number of halogens is 1. The monoisotopic (exact) mass is 408 g/mol. The number of ether oxygens (including phenoxy) is 1. The third-order valence-electron chi connectivity index (χ3n) is 4.29. The first-order valence-electron chi connectivity index (χ1n) is 8.73.